The second-order valence-corrected chi connectivity index (χ2v) is 4.46. The molecule has 13 heavy (non-hydrogen) atoms. The van der Waals surface area contributed by atoms with Crippen LogP contribution in [0.3, 0.4) is 0 Å². The van der Waals surface area contributed by atoms with Crippen molar-refractivity contribution in [1.82, 2.24) is 0 Å². The molecule has 1 atom stereocenters. The Morgan fingerprint density at radius 2 is 1.92 bits per heavy atom. The van der Waals surface area contributed by atoms with Crippen molar-refractivity contribution in [2.24, 2.45) is 15.9 Å². The highest BCUT2D eigenvalue weighted by atomic mass is 32.2. The molecule has 0 radical (unpaired) electrons. The Hall–Kier alpha value is -0.900. The molecule has 0 aromatic carbocycles. The van der Waals surface area contributed by atoms with E-state index in [0.717, 1.165) is 10.6 Å². The summed E-state index contributed by atoms with van der Waals surface area (Å²) in [7, 11) is 0. The minimum atomic E-state index is -0.173. The Kier molecular flexibility index (Phi) is 1.87. The number of amidine groups is 1. The topological polar surface area (TPSA) is 41.8 Å². The number of carbonyl (C=O) groups is 1. The summed E-state index contributed by atoms with van der Waals surface area (Å²) in [4.78, 5) is 20.8. The first-order valence-electron chi connectivity index (χ1n) is 4.12. The third kappa shape index (κ3) is 1.25. The predicted molar refractivity (Wildman–Crippen MR) is 55.0 cm³/mol. The molecule has 0 bridgehead atoms. The summed E-state index contributed by atoms with van der Waals surface area (Å²) in [6.07, 6.45) is 0. The second kappa shape index (κ2) is 2.80. The van der Waals surface area contributed by atoms with E-state index in [1.54, 1.807) is 18.7 Å². The predicted octanol–water partition coefficient (Wildman–Crippen LogP) is 2.00. The van der Waals surface area contributed by atoms with Crippen molar-refractivity contribution in [2.45, 2.75) is 20.8 Å². The molecule has 4 heteroatoms. The van der Waals surface area contributed by atoms with E-state index in [1.807, 2.05) is 13.8 Å². The van der Waals surface area contributed by atoms with Gasteiger partial charge in [-0.2, -0.15) is 4.99 Å². The summed E-state index contributed by atoms with van der Waals surface area (Å²) >= 11 is 1.59. The van der Waals surface area contributed by atoms with Gasteiger partial charge in [-0.05, 0) is 31.2 Å². The van der Waals surface area contributed by atoms with Gasteiger partial charge in [0.1, 0.15) is 11.8 Å². The summed E-state index contributed by atoms with van der Waals surface area (Å²) in [6, 6.07) is 0. The Bertz CT molecular complexity index is 379. The van der Waals surface area contributed by atoms with Gasteiger partial charge in [0.05, 0.1) is 5.04 Å². The van der Waals surface area contributed by atoms with Gasteiger partial charge in [0.15, 0.2) is 0 Å². The van der Waals surface area contributed by atoms with Crippen molar-refractivity contribution in [3.05, 3.63) is 10.5 Å². The minimum Gasteiger partial charge on any atom is -0.271 e. The maximum Gasteiger partial charge on any atom is 0.261 e. The summed E-state index contributed by atoms with van der Waals surface area (Å²) in [5, 5.41) is 0.896. The van der Waals surface area contributed by atoms with Crippen LogP contribution < -0.4 is 0 Å². The lowest BCUT2D eigenvalue weighted by molar-refractivity contribution is -0.118. The molecule has 0 aromatic rings. The van der Waals surface area contributed by atoms with Crippen LogP contribution >= 0.6 is 11.8 Å². The highest BCUT2D eigenvalue weighted by Gasteiger charge is 2.35. The molecule has 2 aliphatic rings. The first-order valence-corrected chi connectivity index (χ1v) is 4.94. The normalized spacial score (nSPS) is 27.3. The third-order valence-corrected chi connectivity index (χ3v) is 3.45. The summed E-state index contributed by atoms with van der Waals surface area (Å²) < 4.78 is 0. The van der Waals surface area contributed by atoms with Gasteiger partial charge in [-0.1, -0.05) is 11.8 Å². The number of thioether (sulfide) groups is 1. The molecule has 0 fully saturated rings. The maximum absolute atomic E-state index is 11.5. The van der Waals surface area contributed by atoms with Crippen molar-refractivity contribution in [1.29, 1.82) is 0 Å². The quantitative estimate of drug-likeness (QED) is 0.592. The Balaban J connectivity index is 2.46. The fourth-order valence-electron chi connectivity index (χ4n) is 1.47. The van der Waals surface area contributed by atoms with Crippen LogP contribution in [0.25, 0.3) is 0 Å². The van der Waals surface area contributed by atoms with Crippen molar-refractivity contribution < 1.29 is 4.79 Å². The lowest BCUT2D eigenvalue weighted by atomic mass is 10.0. The van der Waals surface area contributed by atoms with Gasteiger partial charge in [0.25, 0.3) is 5.91 Å². The van der Waals surface area contributed by atoms with Crippen LogP contribution in [-0.4, -0.2) is 16.8 Å². The van der Waals surface area contributed by atoms with Gasteiger partial charge in [0.2, 0.25) is 0 Å². The van der Waals surface area contributed by atoms with Gasteiger partial charge in [-0.25, -0.2) is 4.99 Å². The third-order valence-electron chi connectivity index (χ3n) is 2.28. The van der Waals surface area contributed by atoms with Crippen molar-refractivity contribution in [2.75, 3.05) is 0 Å². The fraction of sp³-hybridized carbons (Fsp3) is 0.444. The molecule has 3 nitrogen and oxygen atoms in total. The molecule has 0 aliphatic carbocycles. The molecule has 2 heterocycles. The molecule has 0 saturated heterocycles. The van der Waals surface area contributed by atoms with Crippen LogP contribution in [0.1, 0.15) is 20.8 Å². The summed E-state index contributed by atoms with van der Waals surface area (Å²) in [5.74, 6) is 0.337. The standard InChI is InChI=1S/C9H10N2OS/c1-4-5(2)13-9-7(4)8(12)10-6(3)11-9/h7H,1-3H3. The number of rotatable bonds is 0. The Labute approximate surface area is 81.0 Å². The largest absolute Gasteiger partial charge is 0.271 e. The van der Waals surface area contributed by atoms with E-state index in [-0.39, 0.29) is 11.8 Å². The fourth-order valence-corrected chi connectivity index (χ4v) is 2.64. The zero-order chi connectivity index (χ0) is 9.59. The first kappa shape index (κ1) is 8.69. The van der Waals surface area contributed by atoms with Crippen LogP contribution in [0.2, 0.25) is 0 Å². The van der Waals surface area contributed by atoms with Crippen LogP contribution in [-0.2, 0) is 4.79 Å². The van der Waals surface area contributed by atoms with Crippen LogP contribution in [0, 0.1) is 5.92 Å². The van der Waals surface area contributed by atoms with E-state index in [0.29, 0.717) is 5.84 Å². The first-order chi connectivity index (χ1) is 6.09. The van der Waals surface area contributed by atoms with Gasteiger partial charge < -0.3 is 0 Å². The molecule has 0 spiro atoms. The Morgan fingerprint density at radius 3 is 2.62 bits per heavy atom. The highest BCUT2D eigenvalue weighted by molar-refractivity contribution is 8.17. The molecular weight excluding hydrogens is 184 g/mol. The molecule has 0 N–H and O–H groups in total. The van der Waals surface area contributed by atoms with E-state index >= 15 is 0 Å². The molecular formula is C9H10N2OS. The zero-order valence-corrected chi connectivity index (χ0v) is 8.60. The molecule has 0 saturated carbocycles. The number of nitrogens with zero attached hydrogens (tertiary/aromatic N) is 2. The second-order valence-electron chi connectivity index (χ2n) is 3.22. The van der Waals surface area contributed by atoms with Crippen LogP contribution in [0.5, 0.6) is 0 Å². The number of fused-ring (bicyclic) bond motifs is 1. The molecule has 68 valence electrons. The number of amides is 1. The van der Waals surface area contributed by atoms with Gasteiger partial charge in [0, 0.05) is 0 Å². The monoisotopic (exact) mass is 194 g/mol. The number of hydrogen-bond acceptors (Lipinski definition) is 3. The van der Waals surface area contributed by atoms with E-state index < -0.39 is 0 Å². The van der Waals surface area contributed by atoms with Crippen LogP contribution in [0.15, 0.2) is 20.5 Å². The Morgan fingerprint density at radius 1 is 1.23 bits per heavy atom. The molecule has 2 rings (SSSR count). The SMILES string of the molecule is CC1=NC(=O)C2C(=N1)SC(C)=C2C. The number of hydrogen-bond donors (Lipinski definition) is 0. The van der Waals surface area contributed by atoms with Crippen molar-refractivity contribution in [3.8, 4) is 0 Å². The van der Waals surface area contributed by atoms with Crippen molar-refractivity contribution in [3.63, 3.8) is 0 Å². The zero-order valence-electron chi connectivity index (χ0n) is 7.79. The van der Waals surface area contributed by atoms with E-state index in [1.165, 1.54) is 4.91 Å². The highest BCUT2D eigenvalue weighted by Crippen LogP contribution is 2.39. The smallest absolute Gasteiger partial charge is 0.261 e. The molecule has 1 amide bonds. The van der Waals surface area contributed by atoms with Crippen LogP contribution in [0.4, 0.5) is 0 Å². The number of allylic oxidation sites excluding steroid dienone is 1. The maximum atomic E-state index is 11.5. The molecule has 2 aliphatic heterocycles. The van der Waals surface area contributed by atoms with Gasteiger partial charge >= 0.3 is 0 Å². The van der Waals surface area contributed by atoms with Gasteiger partial charge in [-0.15, -0.1) is 0 Å². The lowest BCUT2D eigenvalue weighted by Crippen LogP contribution is -2.23. The van der Waals surface area contributed by atoms with E-state index in [4.69, 9.17) is 0 Å². The molecule has 0 aromatic heterocycles. The summed E-state index contributed by atoms with van der Waals surface area (Å²) in [5.41, 5.74) is 1.10. The minimum absolute atomic E-state index is 0.0654. The molecule has 1 unspecified atom stereocenters. The van der Waals surface area contributed by atoms with E-state index in [2.05, 4.69) is 9.98 Å². The van der Waals surface area contributed by atoms with E-state index in [9.17, 15) is 4.79 Å². The number of aliphatic imine (C=N–C) groups is 2. The average molecular weight is 194 g/mol. The average Bonchev–Trinajstić information content (AvgIpc) is 2.27. The number of carbonyl (C=O) groups excluding carboxylic acids is 1. The lowest BCUT2D eigenvalue weighted by Gasteiger charge is -2.12. The summed E-state index contributed by atoms with van der Waals surface area (Å²) in [6.45, 7) is 5.75. The van der Waals surface area contributed by atoms with Crippen molar-refractivity contribution >= 4 is 28.5 Å². The van der Waals surface area contributed by atoms with Gasteiger partial charge in [-0.3, -0.25) is 4.79 Å².